The van der Waals surface area contributed by atoms with E-state index in [1.807, 2.05) is 26.0 Å². The summed E-state index contributed by atoms with van der Waals surface area (Å²) in [5.41, 5.74) is 2.06. The van der Waals surface area contributed by atoms with Gasteiger partial charge in [-0.05, 0) is 56.5 Å². The number of sulfonamides is 1. The van der Waals surface area contributed by atoms with Crippen molar-refractivity contribution in [1.82, 2.24) is 4.31 Å². The number of aryl methyl sites for hydroxylation is 2. The molecular formula is C20H23NO5S. The van der Waals surface area contributed by atoms with Gasteiger partial charge in [-0.1, -0.05) is 17.7 Å². The molecule has 0 aromatic heterocycles. The van der Waals surface area contributed by atoms with Crippen molar-refractivity contribution in [1.29, 1.82) is 0 Å². The van der Waals surface area contributed by atoms with Crippen molar-refractivity contribution in [3.63, 3.8) is 0 Å². The van der Waals surface area contributed by atoms with E-state index in [-0.39, 0.29) is 16.2 Å². The van der Waals surface area contributed by atoms with Crippen LogP contribution in [0.15, 0.2) is 41.3 Å². The Bertz CT molecular complexity index is 962. The van der Waals surface area contributed by atoms with Gasteiger partial charge in [0.15, 0.2) is 0 Å². The molecular weight excluding hydrogens is 366 g/mol. The van der Waals surface area contributed by atoms with E-state index in [1.165, 1.54) is 29.6 Å². The minimum atomic E-state index is -3.72. The van der Waals surface area contributed by atoms with Crippen molar-refractivity contribution in [3.05, 3.63) is 53.1 Å². The van der Waals surface area contributed by atoms with Crippen LogP contribution in [0.1, 0.15) is 34.3 Å². The second-order valence-electron chi connectivity index (χ2n) is 6.64. The molecule has 27 heavy (non-hydrogen) atoms. The van der Waals surface area contributed by atoms with Crippen molar-refractivity contribution < 1.29 is 22.7 Å². The number of carbonyl (C=O) groups excluding carboxylic acids is 1. The number of hydrogen-bond acceptors (Lipinski definition) is 5. The second kappa shape index (κ2) is 7.70. The fraction of sp³-hybridized carbons (Fsp3) is 0.350. The van der Waals surface area contributed by atoms with Crippen LogP contribution in [0, 0.1) is 13.8 Å². The van der Waals surface area contributed by atoms with Crippen molar-refractivity contribution in [3.8, 4) is 11.5 Å². The molecule has 0 unspecified atom stereocenters. The Morgan fingerprint density at radius 3 is 2.30 bits per heavy atom. The van der Waals surface area contributed by atoms with Crippen LogP contribution < -0.4 is 9.47 Å². The van der Waals surface area contributed by atoms with Crippen LogP contribution >= 0.6 is 0 Å². The number of ether oxygens (including phenoxy) is 2. The summed E-state index contributed by atoms with van der Waals surface area (Å²) in [5.74, 6) is 0.0535. The number of nitrogens with zero attached hydrogens (tertiary/aromatic N) is 1. The monoisotopic (exact) mass is 389 g/mol. The van der Waals surface area contributed by atoms with Crippen LogP contribution in [0.3, 0.4) is 0 Å². The van der Waals surface area contributed by atoms with Crippen molar-refractivity contribution in [2.24, 2.45) is 0 Å². The first kappa shape index (κ1) is 19.4. The predicted molar refractivity (Wildman–Crippen MR) is 102 cm³/mol. The van der Waals surface area contributed by atoms with Gasteiger partial charge in [0.05, 0.1) is 12.7 Å². The molecule has 0 bridgehead atoms. The molecule has 2 aromatic rings. The van der Waals surface area contributed by atoms with E-state index in [0.717, 1.165) is 24.0 Å². The van der Waals surface area contributed by atoms with Gasteiger partial charge in [-0.3, -0.25) is 0 Å². The third kappa shape index (κ3) is 3.99. The number of hydrogen-bond donors (Lipinski definition) is 0. The smallest absolute Gasteiger partial charge is 0.343 e. The fourth-order valence-corrected chi connectivity index (χ4v) is 4.84. The SMILES string of the molecule is COc1ccc(C(=O)Oc2ccc(C)cc2C)cc1S(=O)(=O)N1CCCC1. The summed E-state index contributed by atoms with van der Waals surface area (Å²) in [6.07, 6.45) is 1.66. The molecule has 1 aliphatic rings. The van der Waals surface area contributed by atoms with E-state index >= 15 is 0 Å². The van der Waals surface area contributed by atoms with Gasteiger partial charge in [-0.2, -0.15) is 4.31 Å². The van der Waals surface area contributed by atoms with Crippen LogP contribution in [-0.2, 0) is 10.0 Å². The van der Waals surface area contributed by atoms with Crippen LogP contribution in [0.5, 0.6) is 11.5 Å². The summed E-state index contributed by atoms with van der Waals surface area (Å²) in [7, 11) is -2.31. The van der Waals surface area contributed by atoms with Gasteiger partial charge < -0.3 is 9.47 Å². The van der Waals surface area contributed by atoms with Gasteiger partial charge in [-0.25, -0.2) is 13.2 Å². The molecule has 0 N–H and O–H groups in total. The molecule has 0 atom stereocenters. The molecule has 2 aromatic carbocycles. The van der Waals surface area contributed by atoms with Gasteiger partial charge in [-0.15, -0.1) is 0 Å². The van der Waals surface area contributed by atoms with Crippen molar-refractivity contribution in [2.45, 2.75) is 31.6 Å². The van der Waals surface area contributed by atoms with E-state index in [1.54, 1.807) is 6.07 Å². The van der Waals surface area contributed by atoms with E-state index in [4.69, 9.17) is 9.47 Å². The van der Waals surface area contributed by atoms with Crippen LogP contribution in [-0.4, -0.2) is 38.9 Å². The third-order valence-electron chi connectivity index (χ3n) is 4.62. The predicted octanol–water partition coefficient (Wildman–Crippen LogP) is 3.32. The normalized spacial score (nSPS) is 14.9. The topological polar surface area (TPSA) is 72.9 Å². The number of benzene rings is 2. The highest BCUT2D eigenvalue weighted by Crippen LogP contribution is 2.30. The minimum absolute atomic E-state index is 0.0121. The quantitative estimate of drug-likeness (QED) is 0.579. The average Bonchev–Trinajstić information content (AvgIpc) is 3.19. The average molecular weight is 389 g/mol. The Morgan fingerprint density at radius 1 is 1.00 bits per heavy atom. The maximum atomic E-state index is 12.9. The number of carbonyl (C=O) groups is 1. The molecule has 1 fully saturated rings. The molecule has 6 nitrogen and oxygen atoms in total. The van der Waals surface area contributed by atoms with Crippen LogP contribution in [0.25, 0.3) is 0 Å². The van der Waals surface area contributed by atoms with Crippen molar-refractivity contribution in [2.75, 3.05) is 20.2 Å². The van der Waals surface area contributed by atoms with E-state index in [0.29, 0.717) is 18.8 Å². The summed E-state index contributed by atoms with van der Waals surface area (Å²) in [4.78, 5) is 12.6. The first-order chi connectivity index (χ1) is 12.8. The Balaban J connectivity index is 1.93. The second-order valence-corrected chi connectivity index (χ2v) is 8.54. The van der Waals surface area contributed by atoms with Gasteiger partial charge in [0.2, 0.25) is 10.0 Å². The number of methoxy groups -OCH3 is 1. The van der Waals surface area contributed by atoms with Crippen LogP contribution in [0.2, 0.25) is 0 Å². The molecule has 0 amide bonds. The lowest BCUT2D eigenvalue weighted by atomic mass is 10.1. The summed E-state index contributed by atoms with van der Waals surface area (Å²) in [6, 6.07) is 9.83. The first-order valence-corrected chi connectivity index (χ1v) is 10.2. The van der Waals surface area contributed by atoms with Gasteiger partial charge in [0.1, 0.15) is 16.4 Å². The van der Waals surface area contributed by atoms with E-state index in [9.17, 15) is 13.2 Å². The molecule has 1 heterocycles. The highest BCUT2D eigenvalue weighted by molar-refractivity contribution is 7.89. The third-order valence-corrected chi connectivity index (χ3v) is 6.54. The summed E-state index contributed by atoms with van der Waals surface area (Å²) < 4.78 is 38.0. The molecule has 0 aliphatic carbocycles. The molecule has 3 rings (SSSR count). The zero-order valence-electron chi connectivity index (χ0n) is 15.7. The van der Waals surface area contributed by atoms with Gasteiger partial charge in [0, 0.05) is 13.1 Å². The summed E-state index contributed by atoms with van der Waals surface area (Å²) in [5, 5.41) is 0. The fourth-order valence-electron chi connectivity index (χ4n) is 3.15. The Morgan fingerprint density at radius 2 is 1.67 bits per heavy atom. The van der Waals surface area contributed by atoms with Gasteiger partial charge >= 0.3 is 5.97 Å². The molecule has 1 aliphatic heterocycles. The van der Waals surface area contributed by atoms with Gasteiger partial charge in [0.25, 0.3) is 0 Å². The Kier molecular flexibility index (Phi) is 5.53. The maximum Gasteiger partial charge on any atom is 0.343 e. The largest absolute Gasteiger partial charge is 0.495 e. The lowest BCUT2D eigenvalue weighted by molar-refractivity contribution is 0.0733. The maximum absolute atomic E-state index is 12.9. The molecule has 0 radical (unpaired) electrons. The van der Waals surface area contributed by atoms with E-state index < -0.39 is 16.0 Å². The lowest BCUT2D eigenvalue weighted by Crippen LogP contribution is -2.28. The number of rotatable bonds is 5. The van der Waals surface area contributed by atoms with E-state index in [2.05, 4.69) is 0 Å². The Labute approximate surface area is 159 Å². The lowest BCUT2D eigenvalue weighted by Gasteiger charge is -2.18. The highest BCUT2D eigenvalue weighted by Gasteiger charge is 2.31. The zero-order chi connectivity index (χ0) is 19.6. The summed E-state index contributed by atoms with van der Waals surface area (Å²) in [6.45, 7) is 4.76. The van der Waals surface area contributed by atoms with Crippen molar-refractivity contribution >= 4 is 16.0 Å². The summed E-state index contributed by atoms with van der Waals surface area (Å²) >= 11 is 0. The Hall–Kier alpha value is -2.38. The standard InChI is InChI=1S/C20H23NO5S/c1-14-6-8-17(15(2)12-14)26-20(22)16-7-9-18(25-3)19(13-16)27(23,24)21-10-4-5-11-21/h6-9,12-13H,4-5,10-11H2,1-3H3. The highest BCUT2D eigenvalue weighted by atomic mass is 32.2. The molecule has 144 valence electrons. The molecule has 1 saturated heterocycles. The minimum Gasteiger partial charge on any atom is -0.495 e. The zero-order valence-corrected chi connectivity index (χ0v) is 16.5. The molecule has 0 spiro atoms. The molecule has 0 saturated carbocycles. The first-order valence-electron chi connectivity index (χ1n) is 8.80. The van der Waals surface area contributed by atoms with Crippen LogP contribution in [0.4, 0.5) is 0 Å². The number of esters is 1. The molecule has 7 heteroatoms.